The quantitative estimate of drug-likeness (QED) is 0.619. The smallest absolute Gasteiger partial charge is 0.333 e. The summed E-state index contributed by atoms with van der Waals surface area (Å²) in [5.41, 5.74) is 2.56. The lowest BCUT2D eigenvalue weighted by molar-refractivity contribution is -0.140. The van der Waals surface area contributed by atoms with Crippen LogP contribution in [0.25, 0.3) is 0 Å². The lowest BCUT2D eigenvalue weighted by Gasteiger charge is -2.03. The van der Waals surface area contributed by atoms with Crippen molar-refractivity contribution in [2.75, 3.05) is 0 Å². The van der Waals surface area contributed by atoms with Crippen LogP contribution in [0.15, 0.2) is 48.7 Å². The van der Waals surface area contributed by atoms with Crippen LogP contribution in [0.1, 0.15) is 24.0 Å². The molecule has 0 aliphatic rings. The maximum atomic E-state index is 11.4. The minimum Gasteiger partial charge on any atom is -0.454 e. The minimum atomic E-state index is -0.391. The second kappa shape index (κ2) is 6.19. The molecule has 1 heterocycles. The average molecular weight is 270 g/mol. The predicted octanol–water partition coefficient (Wildman–Crippen LogP) is 2.63. The molecule has 2 aromatic rings. The molecule has 0 fully saturated rings. The third kappa shape index (κ3) is 3.57. The number of carbonyl (C=O) groups is 1. The van der Waals surface area contributed by atoms with E-state index in [0.717, 1.165) is 17.9 Å². The number of nitrogens with zero attached hydrogens (tertiary/aromatic N) is 2. The summed E-state index contributed by atoms with van der Waals surface area (Å²) in [4.78, 5) is 15.9. The van der Waals surface area contributed by atoms with Crippen LogP contribution in [0.4, 0.5) is 0 Å². The van der Waals surface area contributed by atoms with Crippen LogP contribution >= 0.6 is 0 Å². The molecule has 1 aromatic carbocycles. The second-order valence-corrected chi connectivity index (χ2v) is 4.78. The molecule has 0 spiro atoms. The highest BCUT2D eigenvalue weighted by molar-refractivity contribution is 5.86. The van der Waals surface area contributed by atoms with Gasteiger partial charge in [-0.1, -0.05) is 36.9 Å². The molecule has 0 saturated carbocycles. The normalized spacial score (nSPS) is 10.3. The van der Waals surface area contributed by atoms with Crippen molar-refractivity contribution in [2.24, 2.45) is 7.05 Å². The van der Waals surface area contributed by atoms with E-state index in [1.165, 1.54) is 5.56 Å². The topological polar surface area (TPSA) is 44.1 Å². The van der Waals surface area contributed by atoms with Crippen LogP contribution in [0, 0.1) is 0 Å². The van der Waals surface area contributed by atoms with Gasteiger partial charge in [0.1, 0.15) is 12.4 Å². The number of esters is 1. The first-order valence-electron chi connectivity index (χ1n) is 6.44. The maximum Gasteiger partial charge on any atom is 0.333 e. The molecule has 2 rings (SSSR count). The SMILES string of the molecule is C=C(C)C(=O)OCc1nc(Cc2ccccc2)cn1C. The van der Waals surface area contributed by atoms with E-state index in [2.05, 4.69) is 23.7 Å². The van der Waals surface area contributed by atoms with Gasteiger partial charge in [0.25, 0.3) is 0 Å². The fourth-order valence-corrected chi connectivity index (χ4v) is 1.85. The fourth-order valence-electron chi connectivity index (χ4n) is 1.85. The standard InChI is InChI=1S/C16H18N2O2/c1-12(2)16(19)20-11-15-17-14(10-18(15)3)9-13-7-5-4-6-8-13/h4-8,10H,1,9,11H2,2-3H3. The van der Waals surface area contributed by atoms with E-state index in [1.807, 2.05) is 36.0 Å². The zero-order chi connectivity index (χ0) is 14.5. The molecule has 0 bridgehead atoms. The van der Waals surface area contributed by atoms with Gasteiger partial charge in [-0.05, 0) is 12.5 Å². The number of aromatic nitrogens is 2. The number of hydrogen-bond acceptors (Lipinski definition) is 3. The Hall–Kier alpha value is -2.36. The molecule has 104 valence electrons. The first-order chi connectivity index (χ1) is 9.56. The van der Waals surface area contributed by atoms with Gasteiger partial charge in [-0.3, -0.25) is 0 Å². The molecule has 4 nitrogen and oxygen atoms in total. The summed E-state index contributed by atoms with van der Waals surface area (Å²) in [6, 6.07) is 10.1. The van der Waals surface area contributed by atoms with Crippen molar-refractivity contribution >= 4 is 5.97 Å². The summed E-state index contributed by atoms with van der Waals surface area (Å²) in [6.45, 7) is 5.34. The van der Waals surface area contributed by atoms with Crippen molar-refractivity contribution in [2.45, 2.75) is 20.0 Å². The van der Waals surface area contributed by atoms with E-state index in [0.29, 0.717) is 5.57 Å². The highest BCUT2D eigenvalue weighted by Crippen LogP contribution is 2.10. The first kappa shape index (κ1) is 14.1. The van der Waals surface area contributed by atoms with Crippen molar-refractivity contribution in [3.8, 4) is 0 Å². The zero-order valence-corrected chi connectivity index (χ0v) is 11.8. The van der Waals surface area contributed by atoms with Gasteiger partial charge < -0.3 is 9.30 Å². The molecule has 0 N–H and O–H groups in total. The van der Waals surface area contributed by atoms with Crippen LogP contribution in [-0.2, 0) is 29.6 Å². The summed E-state index contributed by atoms with van der Waals surface area (Å²) >= 11 is 0. The molecule has 20 heavy (non-hydrogen) atoms. The lowest BCUT2D eigenvalue weighted by Crippen LogP contribution is -2.08. The van der Waals surface area contributed by atoms with E-state index in [9.17, 15) is 4.79 Å². The molecule has 0 atom stereocenters. The van der Waals surface area contributed by atoms with Gasteiger partial charge in [0.15, 0.2) is 0 Å². The summed E-state index contributed by atoms with van der Waals surface area (Å²) in [5.74, 6) is 0.336. The Morgan fingerprint density at radius 3 is 2.70 bits per heavy atom. The summed E-state index contributed by atoms with van der Waals surface area (Å²) in [6.07, 6.45) is 2.72. The molecule has 4 heteroatoms. The molecule has 0 aliphatic carbocycles. The van der Waals surface area contributed by atoms with Crippen LogP contribution in [0.2, 0.25) is 0 Å². The third-order valence-corrected chi connectivity index (χ3v) is 2.93. The Bertz CT molecular complexity index is 615. The van der Waals surface area contributed by atoms with E-state index in [-0.39, 0.29) is 6.61 Å². The van der Waals surface area contributed by atoms with Crippen molar-refractivity contribution in [1.29, 1.82) is 0 Å². The van der Waals surface area contributed by atoms with Gasteiger partial charge in [-0.15, -0.1) is 0 Å². The van der Waals surface area contributed by atoms with Crippen LogP contribution in [0.5, 0.6) is 0 Å². The molecule has 0 aliphatic heterocycles. The maximum absolute atomic E-state index is 11.4. The monoisotopic (exact) mass is 270 g/mol. The number of carbonyl (C=O) groups excluding carboxylic acids is 1. The summed E-state index contributed by atoms with van der Waals surface area (Å²) in [5, 5.41) is 0. The predicted molar refractivity (Wildman–Crippen MR) is 77.1 cm³/mol. The average Bonchev–Trinajstić information content (AvgIpc) is 2.77. The Balaban J connectivity index is 2.02. The number of aryl methyl sites for hydroxylation is 1. The molecule has 0 unspecified atom stereocenters. The van der Waals surface area contributed by atoms with Crippen molar-refractivity contribution in [1.82, 2.24) is 9.55 Å². The zero-order valence-electron chi connectivity index (χ0n) is 11.8. The summed E-state index contributed by atoms with van der Waals surface area (Å²) < 4.78 is 6.99. The number of ether oxygens (including phenoxy) is 1. The van der Waals surface area contributed by atoms with E-state index in [1.54, 1.807) is 6.92 Å². The molecular formula is C16H18N2O2. The molecular weight excluding hydrogens is 252 g/mol. The van der Waals surface area contributed by atoms with Crippen LogP contribution in [0.3, 0.4) is 0 Å². The van der Waals surface area contributed by atoms with Gasteiger partial charge in [0, 0.05) is 25.2 Å². The van der Waals surface area contributed by atoms with Crippen molar-refractivity contribution in [3.63, 3.8) is 0 Å². The summed E-state index contributed by atoms with van der Waals surface area (Å²) in [7, 11) is 1.89. The fraction of sp³-hybridized carbons (Fsp3) is 0.250. The van der Waals surface area contributed by atoms with Crippen LogP contribution < -0.4 is 0 Å². The molecule has 1 aromatic heterocycles. The number of hydrogen-bond donors (Lipinski definition) is 0. The first-order valence-corrected chi connectivity index (χ1v) is 6.44. The van der Waals surface area contributed by atoms with Gasteiger partial charge in [0.2, 0.25) is 0 Å². The Kier molecular flexibility index (Phi) is 4.35. The number of benzene rings is 1. The van der Waals surface area contributed by atoms with E-state index >= 15 is 0 Å². The number of rotatable bonds is 5. The van der Waals surface area contributed by atoms with Gasteiger partial charge >= 0.3 is 5.97 Å². The Morgan fingerprint density at radius 2 is 2.05 bits per heavy atom. The highest BCUT2D eigenvalue weighted by atomic mass is 16.5. The van der Waals surface area contributed by atoms with E-state index in [4.69, 9.17) is 4.74 Å². The minimum absolute atomic E-state index is 0.164. The third-order valence-electron chi connectivity index (χ3n) is 2.93. The van der Waals surface area contributed by atoms with Crippen molar-refractivity contribution in [3.05, 3.63) is 65.8 Å². The Morgan fingerprint density at radius 1 is 1.35 bits per heavy atom. The van der Waals surface area contributed by atoms with E-state index < -0.39 is 5.97 Å². The molecule has 0 saturated heterocycles. The number of imidazole rings is 1. The van der Waals surface area contributed by atoms with Gasteiger partial charge in [-0.2, -0.15) is 0 Å². The van der Waals surface area contributed by atoms with Crippen LogP contribution in [-0.4, -0.2) is 15.5 Å². The lowest BCUT2D eigenvalue weighted by atomic mass is 10.1. The second-order valence-electron chi connectivity index (χ2n) is 4.78. The van der Waals surface area contributed by atoms with Crippen molar-refractivity contribution < 1.29 is 9.53 Å². The van der Waals surface area contributed by atoms with Gasteiger partial charge in [0.05, 0.1) is 5.69 Å². The Labute approximate surface area is 118 Å². The van der Waals surface area contributed by atoms with Gasteiger partial charge in [-0.25, -0.2) is 9.78 Å². The molecule has 0 radical (unpaired) electrons. The largest absolute Gasteiger partial charge is 0.454 e. The highest BCUT2D eigenvalue weighted by Gasteiger charge is 2.09. The molecule has 0 amide bonds.